The molecule has 0 saturated carbocycles. The molecule has 0 spiro atoms. The molecule has 2 aromatic carbocycles. The highest BCUT2D eigenvalue weighted by atomic mass is 16.3. The van der Waals surface area contributed by atoms with Gasteiger partial charge in [0.1, 0.15) is 6.61 Å². The Morgan fingerprint density at radius 2 is 1.68 bits per heavy atom. The second-order valence-corrected chi connectivity index (χ2v) is 8.02. The highest BCUT2D eigenvalue weighted by Crippen LogP contribution is 2.25. The highest BCUT2D eigenvalue weighted by Gasteiger charge is 2.20. The number of aromatic amines is 2. The van der Waals surface area contributed by atoms with Gasteiger partial charge in [0.25, 0.3) is 5.56 Å². The van der Waals surface area contributed by atoms with E-state index in [2.05, 4.69) is 33.1 Å². The highest BCUT2D eigenvalue weighted by molar-refractivity contribution is 5.89. The number of nitrogens with one attached hydrogen (secondary N) is 2. The Labute approximate surface area is 178 Å². The summed E-state index contributed by atoms with van der Waals surface area (Å²) in [6, 6.07) is 18.0. The van der Waals surface area contributed by atoms with Gasteiger partial charge in [0.05, 0.1) is 11.3 Å². The number of fused-ring (bicyclic) bond motifs is 2. The number of hydrogen-bond donors (Lipinski definition) is 3. The summed E-state index contributed by atoms with van der Waals surface area (Å²) in [5.41, 5.74) is 4.32. The molecule has 1 fully saturated rings. The minimum Gasteiger partial charge on any atom is -0.387 e. The number of para-hydroxylation sites is 1. The van der Waals surface area contributed by atoms with Gasteiger partial charge in [-0.1, -0.05) is 24.3 Å². The lowest BCUT2D eigenvalue weighted by molar-refractivity contribution is -0.135. The van der Waals surface area contributed by atoms with Crippen LogP contribution in [0.25, 0.3) is 33.1 Å². The Bertz CT molecular complexity index is 1320. The molecule has 1 saturated heterocycles. The number of carbonyl (C=O) groups excluding carboxylic acids is 1. The molecule has 7 heteroatoms. The summed E-state index contributed by atoms with van der Waals surface area (Å²) >= 11 is 0. The number of aliphatic hydroxyl groups excluding tert-OH is 1. The predicted molar refractivity (Wildman–Crippen MR) is 121 cm³/mol. The molecule has 0 radical (unpaired) electrons. The summed E-state index contributed by atoms with van der Waals surface area (Å²) < 4.78 is 0. The molecule has 7 nitrogen and oxygen atoms in total. The summed E-state index contributed by atoms with van der Waals surface area (Å²) in [6.07, 6.45) is 0. The topological polar surface area (TPSA) is 92.4 Å². The fourth-order valence-corrected chi connectivity index (χ4v) is 4.29. The standard InChI is InChI=1S/C24H24N4O3/c29-15-23(30)28-9-7-27(8-10-28)14-16-5-6-21-18(11-16)13-22(25-21)19-12-17-3-1-2-4-20(17)26-24(19)31/h1-6,11-13,25,29H,7-10,14-15H2,(H,26,31). The van der Waals surface area contributed by atoms with Gasteiger partial charge in [-0.15, -0.1) is 0 Å². The maximum absolute atomic E-state index is 12.6. The Kier molecular flexibility index (Phi) is 5.05. The van der Waals surface area contributed by atoms with Crippen LogP contribution >= 0.6 is 0 Å². The van der Waals surface area contributed by atoms with E-state index in [4.69, 9.17) is 5.11 Å². The molecule has 158 valence electrons. The molecule has 3 heterocycles. The number of benzene rings is 2. The minimum absolute atomic E-state index is 0.110. The van der Waals surface area contributed by atoms with Crippen molar-refractivity contribution in [1.82, 2.24) is 19.8 Å². The lowest BCUT2D eigenvalue weighted by Crippen LogP contribution is -2.49. The Balaban J connectivity index is 1.37. The average Bonchev–Trinajstić information content (AvgIpc) is 3.21. The van der Waals surface area contributed by atoms with Gasteiger partial charge in [-0.05, 0) is 41.3 Å². The number of hydrogen-bond acceptors (Lipinski definition) is 4. The van der Waals surface area contributed by atoms with Crippen molar-refractivity contribution in [1.29, 1.82) is 0 Å². The third kappa shape index (κ3) is 3.85. The van der Waals surface area contributed by atoms with Crippen molar-refractivity contribution in [2.75, 3.05) is 32.8 Å². The maximum Gasteiger partial charge on any atom is 0.257 e. The average molecular weight is 416 g/mol. The van der Waals surface area contributed by atoms with E-state index in [1.165, 1.54) is 5.56 Å². The zero-order valence-corrected chi connectivity index (χ0v) is 17.1. The van der Waals surface area contributed by atoms with E-state index < -0.39 is 6.61 Å². The molecule has 1 amide bonds. The molecule has 0 aliphatic carbocycles. The SMILES string of the molecule is O=C(CO)N1CCN(Cc2ccc3[nH]c(-c4cc5ccccc5[nH]c4=O)cc3c2)CC1. The van der Waals surface area contributed by atoms with E-state index in [0.29, 0.717) is 18.7 Å². The quantitative estimate of drug-likeness (QED) is 0.476. The molecule has 1 aliphatic rings. The number of amides is 1. The number of piperazine rings is 1. The van der Waals surface area contributed by atoms with Gasteiger partial charge >= 0.3 is 0 Å². The second kappa shape index (κ2) is 8.02. The summed E-state index contributed by atoms with van der Waals surface area (Å²) in [6.45, 7) is 3.23. The number of H-pyrrole nitrogens is 2. The molecular formula is C24H24N4O3. The monoisotopic (exact) mass is 416 g/mol. The number of aliphatic hydroxyl groups is 1. The van der Waals surface area contributed by atoms with Crippen molar-refractivity contribution in [3.05, 3.63) is 70.5 Å². The Morgan fingerprint density at radius 1 is 0.903 bits per heavy atom. The van der Waals surface area contributed by atoms with Gasteiger partial charge in [0.2, 0.25) is 5.91 Å². The third-order valence-corrected chi connectivity index (χ3v) is 6.00. The van der Waals surface area contributed by atoms with Crippen LogP contribution in [0.2, 0.25) is 0 Å². The molecule has 0 bridgehead atoms. The summed E-state index contributed by atoms with van der Waals surface area (Å²) in [5.74, 6) is -0.204. The second-order valence-electron chi connectivity index (χ2n) is 8.02. The zero-order chi connectivity index (χ0) is 21.4. The number of aromatic nitrogens is 2. The molecule has 0 atom stereocenters. The van der Waals surface area contributed by atoms with Crippen molar-refractivity contribution in [3.63, 3.8) is 0 Å². The van der Waals surface area contributed by atoms with Crippen LogP contribution in [0.3, 0.4) is 0 Å². The van der Waals surface area contributed by atoms with Crippen LogP contribution in [0, 0.1) is 0 Å². The lowest BCUT2D eigenvalue weighted by atomic mass is 10.1. The van der Waals surface area contributed by atoms with E-state index in [1.54, 1.807) is 4.90 Å². The van der Waals surface area contributed by atoms with Crippen molar-refractivity contribution in [2.24, 2.45) is 0 Å². The summed E-state index contributed by atoms with van der Waals surface area (Å²) in [5, 5.41) is 11.1. The first kappa shape index (κ1) is 19.5. The van der Waals surface area contributed by atoms with E-state index >= 15 is 0 Å². The first-order chi connectivity index (χ1) is 15.1. The van der Waals surface area contributed by atoms with Crippen LogP contribution in [0.1, 0.15) is 5.56 Å². The van der Waals surface area contributed by atoms with Crippen LogP contribution in [0.5, 0.6) is 0 Å². The van der Waals surface area contributed by atoms with Crippen LogP contribution in [-0.4, -0.2) is 63.6 Å². The molecule has 1 aliphatic heterocycles. The van der Waals surface area contributed by atoms with Crippen LogP contribution in [0.15, 0.2) is 59.4 Å². The largest absolute Gasteiger partial charge is 0.387 e. The molecule has 4 aromatic rings. The Hall–Kier alpha value is -3.42. The van der Waals surface area contributed by atoms with Crippen molar-refractivity contribution in [3.8, 4) is 11.3 Å². The fraction of sp³-hybridized carbons (Fsp3) is 0.250. The molecule has 2 aromatic heterocycles. The van der Waals surface area contributed by atoms with E-state index in [0.717, 1.165) is 47.1 Å². The molecule has 5 rings (SSSR count). The zero-order valence-electron chi connectivity index (χ0n) is 17.1. The first-order valence-electron chi connectivity index (χ1n) is 10.5. The minimum atomic E-state index is -0.424. The maximum atomic E-state index is 12.6. The molecule has 31 heavy (non-hydrogen) atoms. The number of nitrogens with zero attached hydrogens (tertiary/aromatic N) is 2. The number of rotatable bonds is 4. The Morgan fingerprint density at radius 3 is 2.48 bits per heavy atom. The smallest absolute Gasteiger partial charge is 0.257 e. The van der Waals surface area contributed by atoms with E-state index in [-0.39, 0.29) is 11.5 Å². The van der Waals surface area contributed by atoms with Crippen LogP contribution in [-0.2, 0) is 11.3 Å². The van der Waals surface area contributed by atoms with Crippen LogP contribution in [0.4, 0.5) is 0 Å². The summed E-state index contributed by atoms with van der Waals surface area (Å²) in [7, 11) is 0. The van der Waals surface area contributed by atoms with E-state index in [9.17, 15) is 9.59 Å². The first-order valence-corrected chi connectivity index (χ1v) is 10.5. The van der Waals surface area contributed by atoms with Gasteiger partial charge in [-0.25, -0.2) is 0 Å². The summed E-state index contributed by atoms with van der Waals surface area (Å²) in [4.78, 5) is 34.6. The van der Waals surface area contributed by atoms with Crippen molar-refractivity contribution < 1.29 is 9.90 Å². The van der Waals surface area contributed by atoms with Gasteiger partial charge in [-0.3, -0.25) is 14.5 Å². The normalized spacial score (nSPS) is 15.1. The molecule has 3 N–H and O–H groups in total. The van der Waals surface area contributed by atoms with Crippen molar-refractivity contribution >= 4 is 27.7 Å². The lowest BCUT2D eigenvalue weighted by Gasteiger charge is -2.34. The van der Waals surface area contributed by atoms with E-state index in [1.807, 2.05) is 36.4 Å². The van der Waals surface area contributed by atoms with Gasteiger partial charge in [-0.2, -0.15) is 0 Å². The van der Waals surface area contributed by atoms with Crippen LogP contribution < -0.4 is 5.56 Å². The van der Waals surface area contributed by atoms with Gasteiger partial charge in [0, 0.05) is 49.1 Å². The van der Waals surface area contributed by atoms with Gasteiger partial charge in [0.15, 0.2) is 0 Å². The number of pyridine rings is 1. The fourth-order valence-electron chi connectivity index (χ4n) is 4.29. The predicted octanol–water partition coefficient (Wildman–Crippen LogP) is 2.31. The third-order valence-electron chi connectivity index (χ3n) is 6.00. The van der Waals surface area contributed by atoms with Gasteiger partial charge < -0.3 is 20.0 Å². The molecule has 0 unspecified atom stereocenters. The molecular weight excluding hydrogens is 392 g/mol. The number of carbonyl (C=O) groups is 1. The van der Waals surface area contributed by atoms with Crippen molar-refractivity contribution in [2.45, 2.75) is 6.54 Å².